The quantitative estimate of drug-likeness (QED) is 0.787. The lowest BCUT2D eigenvalue weighted by Crippen LogP contribution is -2.51. The van der Waals surface area contributed by atoms with E-state index in [-0.39, 0.29) is 6.04 Å². The van der Waals surface area contributed by atoms with Crippen LogP contribution in [0.2, 0.25) is 0 Å². The molecule has 1 aliphatic heterocycles. The van der Waals surface area contributed by atoms with Crippen molar-refractivity contribution in [1.82, 2.24) is 19.4 Å². The fourth-order valence-corrected chi connectivity index (χ4v) is 5.50. The van der Waals surface area contributed by atoms with Crippen LogP contribution in [0, 0.1) is 0 Å². The molecule has 6 heteroatoms. The average molecular weight is 432 g/mol. The molecule has 0 amide bonds. The molecule has 0 radical (unpaired) electrons. The van der Waals surface area contributed by atoms with Gasteiger partial charge in [-0.3, -0.25) is 9.80 Å². The van der Waals surface area contributed by atoms with Gasteiger partial charge in [0.25, 0.3) is 0 Å². The lowest BCUT2D eigenvalue weighted by atomic mass is 10.1. The summed E-state index contributed by atoms with van der Waals surface area (Å²) in [5.74, 6) is 0.987. The zero-order valence-corrected chi connectivity index (χ0v) is 17.7. The van der Waals surface area contributed by atoms with Gasteiger partial charge in [-0.05, 0) is 28.8 Å². The molecule has 146 valence electrons. The van der Waals surface area contributed by atoms with E-state index in [2.05, 4.69) is 61.6 Å². The maximum absolute atomic E-state index is 6.26. The van der Waals surface area contributed by atoms with E-state index in [0.29, 0.717) is 6.54 Å². The van der Waals surface area contributed by atoms with Gasteiger partial charge < -0.3 is 10.3 Å². The lowest BCUT2D eigenvalue weighted by Gasteiger charge is -2.41. The Kier molecular flexibility index (Phi) is 5.97. The number of halogens is 1. The second kappa shape index (κ2) is 8.43. The predicted molar refractivity (Wildman–Crippen MR) is 114 cm³/mol. The second-order valence-electron chi connectivity index (χ2n) is 7.80. The van der Waals surface area contributed by atoms with Crippen LogP contribution in [0.25, 0.3) is 11.4 Å². The minimum absolute atomic E-state index is 0.195. The molecule has 2 aromatic rings. The van der Waals surface area contributed by atoms with Crippen LogP contribution in [0.4, 0.5) is 0 Å². The Morgan fingerprint density at radius 2 is 1.78 bits per heavy atom. The fourth-order valence-electron chi connectivity index (χ4n) is 4.80. The molecule has 2 heterocycles. The highest BCUT2D eigenvalue weighted by molar-refractivity contribution is 9.10. The Labute approximate surface area is 170 Å². The summed E-state index contributed by atoms with van der Waals surface area (Å²) in [7, 11) is 2.10. The largest absolute Gasteiger partial charge is 0.329 e. The van der Waals surface area contributed by atoms with Crippen LogP contribution in [0.3, 0.4) is 0 Å². The first-order valence-electron chi connectivity index (χ1n) is 10.1. The molecule has 2 N–H and O–H groups in total. The third-order valence-electron chi connectivity index (χ3n) is 6.30. The maximum Gasteiger partial charge on any atom is 0.141 e. The SMILES string of the molecule is Cn1c(-c2ccccc2)nc(Br)c1C(CN)N1CCN(C2CCCC2)CC1. The third kappa shape index (κ3) is 3.86. The lowest BCUT2D eigenvalue weighted by molar-refractivity contribution is 0.0700. The van der Waals surface area contributed by atoms with Crippen LogP contribution in [0.1, 0.15) is 37.4 Å². The number of imidazole rings is 1. The van der Waals surface area contributed by atoms with E-state index in [1.54, 1.807) is 0 Å². The van der Waals surface area contributed by atoms with Crippen LogP contribution >= 0.6 is 15.9 Å². The maximum atomic E-state index is 6.26. The second-order valence-corrected chi connectivity index (χ2v) is 8.55. The molecule has 2 fully saturated rings. The molecule has 1 saturated carbocycles. The minimum Gasteiger partial charge on any atom is -0.329 e. The first-order valence-corrected chi connectivity index (χ1v) is 10.9. The first-order chi connectivity index (χ1) is 13.2. The first kappa shape index (κ1) is 19.1. The highest BCUT2D eigenvalue weighted by atomic mass is 79.9. The topological polar surface area (TPSA) is 50.3 Å². The van der Waals surface area contributed by atoms with Gasteiger partial charge in [0.15, 0.2) is 0 Å². The summed E-state index contributed by atoms with van der Waals surface area (Å²) in [6.45, 7) is 5.08. The van der Waals surface area contributed by atoms with Gasteiger partial charge in [-0.25, -0.2) is 4.98 Å². The molecule has 1 unspecified atom stereocenters. The van der Waals surface area contributed by atoms with Crippen molar-refractivity contribution < 1.29 is 0 Å². The summed E-state index contributed by atoms with van der Waals surface area (Å²) in [5.41, 5.74) is 8.58. The molecule has 1 aromatic carbocycles. The Balaban J connectivity index is 1.52. The van der Waals surface area contributed by atoms with E-state index in [9.17, 15) is 0 Å². The average Bonchev–Trinajstić information content (AvgIpc) is 3.34. The zero-order chi connectivity index (χ0) is 18.8. The Hall–Kier alpha value is -1.21. The molecule has 1 atom stereocenters. The Morgan fingerprint density at radius 1 is 1.11 bits per heavy atom. The normalized spacial score (nSPS) is 21.0. The van der Waals surface area contributed by atoms with Crippen molar-refractivity contribution in [3.05, 3.63) is 40.6 Å². The minimum atomic E-state index is 0.195. The van der Waals surface area contributed by atoms with E-state index in [1.807, 2.05) is 6.07 Å². The number of aromatic nitrogens is 2. The highest BCUT2D eigenvalue weighted by Crippen LogP contribution is 2.33. The number of hydrogen-bond donors (Lipinski definition) is 1. The van der Waals surface area contributed by atoms with E-state index in [0.717, 1.165) is 48.2 Å². The Morgan fingerprint density at radius 3 is 2.41 bits per heavy atom. The summed E-state index contributed by atoms with van der Waals surface area (Å²) in [6, 6.07) is 11.4. The summed E-state index contributed by atoms with van der Waals surface area (Å²) in [4.78, 5) is 10.1. The van der Waals surface area contributed by atoms with Gasteiger partial charge in [0.05, 0.1) is 11.7 Å². The van der Waals surface area contributed by atoms with E-state index < -0.39 is 0 Å². The van der Waals surface area contributed by atoms with Gasteiger partial charge in [0.2, 0.25) is 0 Å². The third-order valence-corrected chi connectivity index (χ3v) is 6.88. The molecular formula is C21H30BrN5. The number of nitrogens with zero attached hydrogens (tertiary/aromatic N) is 4. The van der Waals surface area contributed by atoms with Crippen LogP contribution in [-0.2, 0) is 7.05 Å². The Bertz CT molecular complexity index is 745. The molecule has 2 aliphatic rings. The van der Waals surface area contributed by atoms with Crippen molar-refractivity contribution in [2.24, 2.45) is 12.8 Å². The van der Waals surface area contributed by atoms with Crippen molar-refractivity contribution in [2.45, 2.75) is 37.8 Å². The monoisotopic (exact) mass is 431 g/mol. The molecule has 1 saturated heterocycles. The molecular weight excluding hydrogens is 402 g/mol. The predicted octanol–water partition coefficient (Wildman–Crippen LogP) is 3.41. The molecule has 1 aliphatic carbocycles. The standard InChI is InChI=1S/C21H30BrN5/c1-25-19(20(22)24-21(25)16-7-3-2-4-8-16)18(15-23)27-13-11-26(12-14-27)17-9-5-6-10-17/h2-4,7-8,17-18H,5-6,9-15,23H2,1H3. The van der Waals surface area contributed by atoms with Crippen LogP contribution < -0.4 is 5.73 Å². The molecule has 0 spiro atoms. The number of nitrogens with two attached hydrogens (primary N) is 1. The smallest absolute Gasteiger partial charge is 0.141 e. The zero-order valence-electron chi connectivity index (χ0n) is 16.1. The van der Waals surface area contributed by atoms with Gasteiger partial charge in [0.1, 0.15) is 10.4 Å². The number of hydrogen-bond acceptors (Lipinski definition) is 4. The molecule has 27 heavy (non-hydrogen) atoms. The molecule has 4 rings (SSSR count). The molecule has 1 aromatic heterocycles. The van der Waals surface area contributed by atoms with Crippen molar-refractivity contribution in [1.29, 1.82) is 0 Å². The van der Waals surface area contributed by atoms with Crippen LogP contribution in [0.5, 0.6) is 0 Å². The van der Waals surface area contributed by atoms with Crippen molar-refractivity contribution in [3.63, 3.8) is 0 Å². The summed E-state index contributed by atoms with van der Waals surface area (Å²) < 4.78 is 3.12. The van der Waals surface area contributed by atoms with E-state index in [4.69, 9.17) is 10.7 Å². The van der Waals surface area contributed by atoms with Crippen LogP contribution in [-0.4, -0.2) is 58.1 Å². The van der Waals surface area contributed by atoms with Gasteiger partial charge in [-0.15, -0.1) is 0 Å². The summed E-state index contributed by atoms with van der Waals surface area (Å²) in [5, 5.41) is 0. The fraction of sp³-hybridized carbons (Fsp3) is 0.571. The number of piperazine rings is 1. The van der Waals surface area contributed by atoms with Crippen molar-refractivity contribution in [3.8, 4) is 11.4 Å². The van der Waals surface area contributed by atoms with Crippen molar-refractivity contribution >= 4 is 15.9 Å². The highest BCUT2D eigenvalue weighted by Gasteiger charge is 2.31. The van der Waals surface area contributed by atoms with E-state index >= 15 is 0 Å². The summed E-state index contributed by atoms with van der Waals surface area (Å²) in [6.07, 6.45) is 5.57. The van der Waals surface area contributed by atoms with Gasteiger partial charge in [-0.2, -0.15) is 0 Å². The van der Waals surface area contributed by atoms with Gasteiger partial charge in [-0.1, -0.05) is 43.2 Å². The van der Waals surface area contributed by atoms with Crippen molar-refractivity contribution in [2.75, 3.05) is 32.7 Å². The molecule has 5 nitrogen and oxygen atoms in total. The summed E-state index contributed by atoms with van der Waals surface area (Å²) >= 11 is 3.71. The van der Waals surface area contributed by atoms with Gasteiger partial charge in [0, 0.05) is 51.4 Å². The number of rotatable bonds is 5. The van der Waals surface area contributed by atoms with Crippen LogP contribution in [0.15, 0.2) is 34.9 Å². The van der Waals surface area contributed by atoms with Gasteiger partial charge >= 0.3 is 0 Å². The van der Waals surface area contributed by atoms with E-state index in [1.165, 1.54) is 31.4 Å². The molecule has 0 bridgehead atoms. The number of benzene rings is 1.